The molecule has 3 nitrogen and oxygen atoms in total. The van der Waals surface area contributed by atoms with Crippen LogP contribution in [0.25, 0.3) is 6.20 Å². The fourth-order valence-electron chi connectivity index (χ4n) is 1.48. The third-order valence-corrected chi connectivity index (χ3v) is 2.51. The van der Waals surface area contributed by atoms with E-state index in [2.05, 4.69) is 17.0 Å². The Morgan fingerprint density at radius 3 is 3.00 bits per heavy atom. The Morgan fingerprint density at radius 1 is 1.53 bits per heavy atom. The van der Waals surface area contributed by atoms with Crippen LogP contribution in [0, 0.1) is 12.7 Å². The lowest BCUT2D eigenvalue weighted by molar-refractivity contribution is 0.619. The predicted octanol–water partition coefficient (Wildman–Crippen LogP) is 3.04. The number of nitrogens with one attached hydrogen (secondary N) is 1. The molecule has 0 aliphatic carbocycles. The van der Waals surface area contributed by atoms with E-state index in [4.69, 9.17) is 0 Å². The van der Waals surface area contributed by atoms with E-state index in [-0.39, 0.29) is 5.82 Å². The molecule has 2 aromatic rings. The highest BCUT2D eigenvalue weighted by atomic mass is 19.1. The summed E-state index contributed by atoms with van der Waals surface area (Å²) in [6.45, 7) is 5.97. The number of aryl methyl sites for hydroxylation is 1. The van der Waals surface area contributed by atoms with E-state index in [1.165, 1.54) is 6.07 Å². The van der Waals surface area contributed by atoms with Crippen LogP contribution in [0.5, 0.6) is 0 Å². The van der Waals surface area contributed by atoms with Gasteiger partial charge in [-0.15, -0.1) is 0 Å². The molecule has 0 saturated heterocycles. The molecule has 4 heteroatoms. The number of aromatic nitrogens is 2. The van der Waals surface area contributed by atoms with Gasteiger partial charge >= 0.3 is 0 Å². The molecular formula is C13H14FN3. The van der Waals surface area contributed by atoms with Crippen LogP contribution in [0.1, 0.15) is 11.1 Å². The highest BCUT2D eigenvalue weighted by molar-refractivity contribution is 5.45. The van der Waals surface area contributed by atoms with E-state index >= 15 is 0 Å². The van der Waals surface area contributed by atoms with E-state index in [0.717, 1.165) is 11.3 Å². The smallest absolute Gasteiger partial charge is 0.128 e. The topological polar surface area (TPSA) is 29.9 Å². The Bertz CT molecular complexity index is 531. The number of rotatable bonds is 4. The molecule has 0 aliphatic rings. The fourth-order valence-corrected chi connectivity index (χ4v) is 1.48. The van der Waals surface area contributed by atoms with Crippen molar-refractivity contribution in [2.24, 2.45) is 0 Å². The lowest BCUT2D eigenvalue weighted by atomic mass is 10.2. The number of benzene rings is 1. The van der Waals surface area contributed by atoms with E-state index in [1.807, 2.05) is 12.3 Å². The van der Waals surface area contributed by atoms with Crippen LogP contribution in [0.2, 0.25) is 0 Å². The third kappa shape index (κ3) is 2.72. The molecule has 0 amide bonds. The van der Waals surface area contributed by atoms with Gasteiger partial charge in [0.15, 0.2) is 0 Å². The molecule has 0 atom stereocenters. The first-order valence-electron chi connectivity index (χ1n) is 5.34. The first-order valence-corrected chi connectivity index (χ1v) is 5.34. The fraction of sp³-hybridized carbons (Fsp3) is 0.154. The normalized spacial score (nSPS) is 10.2. The summed E-state index contributed by atoms with van der Waals surface area (Å²) >= 11 is 0. The van der Waals surface area contributed by atoms with Gasteiger partial charge in [-0.1, -0.05) is 12.6 Å². The quantitative estimate of drug-likeness (QED) is 0.876. The summed E-state index contributed by atoms with van der Waals surface area (Å²) in [6, 6.07) is 5.11. The number of halogens is 1. The van der Waals surface area contributed by atoms with Crippen LogP contribution in [-0.2, 0) is 6.54 Å². The first kappa shape index (κ1) is 11.4. The predicted molar refractivity (Wildman–Crippen MR) is 67.1 cm³/mol. The minimum Gasteiger partial charge on any atom is -0.381 e. The highest BCUT2D eigenvalue weighted by Gasteiger charge is 2.00. The molecule has 1 heterocycles. The largest absolute Gasteiger partial charge is 0.381 e. The second-order valence-electron chi connectivity index (χ2n) is 3.83. The molecule has 0 fully saturated rings. The van der Waals surface area contributed by atoms with Crippen LogP contribution in [-0.4, -0.2) is 9.78 Å². The van der Waals surface area contributed by atoms with E-state index in [1.54, 1.807) is 30.1 Å². The number of anilines is 1. The van der Waals surface area contributed by atoms with Gasteiger partial charge in [-0.3, -0.25) is 0 Å². The van der Waals surface area contributed by atoms with Crippen molar-refractivity contribution in [1.29, 1.82) is 0 Å². The second-order valence-corrected chi connectivity index (χ2v) is 3.83. The molecule has 1 aromatic heterocycles. The van der Waals surface area contributed by atoms with Crippen molar-refractivity contribution in [2.75, 3.05) is 5.32 Å². The van der Waals surface area contributed by atoms with Crippen molar-refractivity contribution in [2.45, 2.75) is 13.5 Å². The van der Waals surface area contributed by atoms with Crippen molar-refractivity contribution in [3.63, 3.8) is 0 Å². The van der Waals surface area contributed by atoms with Crippen LogP contribution in [0.3, 0.4) is 0 Å². The van der Waals surface area contributed by atoms with Gasteiger partial charge in [0.2, 0.25) is 0 Å². The molecule has 0 saturated carbocycles. The summed E-state index contributed by atoms with van der Waals surface area (Å²) in [7, 11) is 0. The van der Waals surface area contributed by atoms with Gasteiger partial charge in [0.25, 0.3) is 0 Å². The standard InChI is InChI=1S/C13H14FN3/c1-3-17-9-11(8-16-17)7-15-12-5-4-10(2)13(14)6-12/h3-6,8-9,15H,1,7H2,2H3. The molecule has 0 spiro atoms. The molecule has 0 bridgehead atoms. The van der Waals surface area contributed by atoms with Crippen LogP contribution >= 0.6 is 0 Å². The average Bonchev–Trinajstić information content (AvgIpc) is 2.79. The van der Waals surface area contributed by atoms with Gasteiger partial charge < -0.3 is 5.32 Å². The van der Waals surface area contributed by atoms with Crippen LogP contribution < -0.4 is 5.32 Å². The maximum Gasteiger partial charge on any atom is 0.128 e. The minimum absolute atomic E-state index is 0.197. The third-order valence-electron chi connectivity index (χ3n) is 2.51. The highest BCUT2D eigenvalue weighted by Crippen LogP contribution is 2.14. The molecular weight excluding hydrogens is 217 g/mol. The van der Waals surface area contributed by atoms with Gasteiger partial charge in [-0.25, -0.2) is 9.07 Å². The Hall–Kier alpha value is -2.10. The average molecular weight is 231 g/mol. The molecule has 1 N–H and O–H groups in total. The van der Waals surface area contributed by atoms with E-state index in [0.29, 0.717) is 12.1 Å². The van der Waals surface area contributed by atoms with Gasteiger partial charge in [0.1, 0.15) is 5.82 Å². The number of hydrogen-bond donors (Lipinski definition) is 1. The number of nitrogens with zero attached hydrogens (tertiary/aromatic N) is 2. The lowest BCUT2D eigenvalue weighted by Crippen LogP contribution is -1.99. The molecule has 0 unspecified atom stereocenters. The second kappa shape index (κ2) is 4.82. The molecule has 0 radical (unpaired) electrons. The zero-order chi connectivity index (χ0) is 12.3. The summed E-state index contributed by atoms with van der Waals surface area (Å²) in [5, 5.41) is 7.20. The van der Waals surface area contributed by atoms with Gasteiger partial charge in [-0.05, 0) is 24.6 Å². The van der Waals surface area contributed by atoms with Gasteiger partial charge in [0, 0.05) is 30.2 Å². The Kier molecular flexibility index (Phi) is 3.23. The minimum atomic E-state index is -0.197. The monoisotopic (exact) mass is 231 g/mol. The van der Waals surface area contributed by atoms with Gasteiger partial charge in [-0.2, -0.15) is 5.10 Å². The summed E-state index contributed by atoms with van der Waals surface area (Å²) in [5.41, 5.74) is 2.43. The molecule has 1 aromatic carbocycles. The van der Waals surface area contributed by atoms with Crippen molar-refractivity contribution >= 4 is 11.9 Å². The Morgan fingerprint density at radius 2 is 2.35 bits per heavy atom. The zero-order valence-electron chi connectivity index (χ0n) is 9.65. The van der Waals surface area contributed by atoms with Crippen molar-refractivity contribution in [3.8, 4) is 0 Å². The van der Waals surface area contributed by atoms with E-state index in [9.17, 15) is 4.39 Å². The SMILES string of the molecule is C=Cn1cc(CNc2ccc(C)c(F)c2)cn1. The van der Waals surface area contributed by atoms with Gasteiger partial charge in [0.05, 0.1) is 6.20 Å². The maximum absolute atomic E-state index is 13.3. The summed E-state index contributed by atoms with van der Waals surface area (Å²) in [4.78, 5) is 0. The zero-order valence-corrected chi connectivity index (χ0v) is 9.65. The molecule has 2 rings (SSSR count). The Labute approximate surface area is 99.6 Å². The van der Waals surface area contributed by atoms with Crippen molar-refractivity contribution in [3.05, 3.63) is 54.1 Å². The number of hydrogen-bond acceptors (Lipinski definition) is 2. The lowest BCUT2D eigenvalue weighted by Gasteiger charge is -2.05. The summed E-state index contributed by atoms with van der Waals surface area (Å²) in [6.07, 6.45) is 5.23. The van der Waals surface area contributed by atoms with Crippen molar-refractivity contribution in [1.82, 2.24) is 9.78 Å². The van der Waals surface area contributed by atoms with Crippen molar-refractivity contribution < 1.29 is 4.39 Å². The van der Waals surface area contributed by atoms with Crippen LogP contribution in [0.4, 0.5) is 10.1 Å². The summed E-state index contributed by atoms with van der Waals surface area (Å²) in [5.74, 6) is -0.197. The first-order chi connectivity index (χ1) is 8.19. The molecule has 0 aliphatic heterocycles. The molecule has 17 heavy (non-hydrogen) atoms. The Balaban J connectivity index is 2.01. The summed E-state index contributed by atoms with van der Waals surface area (Å²) < 4.78 is 14.9. The maximum atomic E-state index is 13.3. The van der Waals surface area contributed by atoms with Crippen LogP contribution in [0.15, 0.2) is 37.2 Å². The van der Waals surface area contributed by atoms with E-state index < -0.39 is 0 Å². The molecule has 88 valence electrons.